The Labute approximate surface area is 150 Å². The second kappa shape index (κ2) is 5.68. The van der Waals surface area contributed by atoms with Crippen LogP contribution >= 0.6 is 0 Å². The van der Waals surface area contributed by atoms with Crippen LogP contribution in [-0.2, 0) is 11.0 Å². The van der Waals surface area contributed by atoms with E-state index in [2.05, 4.69) is 4.98 Å². The molecule has 0 radical (unpaired) electrons. The van der Waals surface area contributed by atoms with E-state index in [1.54, 1.807) is 13.0 Å². The molecule has 1 aliphatic heterocycles. The molecular formula is C19H23F3N2O2. The van der Waals surface area contributed by atoms with Crippen molar-refractivity contribution in [2.24, 2.45) is 11.3 Å². The highest BCUT2D eigenvalue weighted by Crippen LogP contribution is 2.52. The van der Waals surface area contributed by atoms with E-state index < -0.39 is 17.5 Å². The molecule has 1 amide bonds. The Bertz CT molecular complexity index is 718. The lowest BCUT2D eigenvalue weighted by Crippen LogP contribution is -2.61. The van der Waals surface area contributed by atoms with Crippen LogP contribution in [0, 0.1) is 11.3 Å². The average molecular weight is 368 g/mol. The van der Waals surface area contributed by atoms with E-state index in [0.29, 0.717) is 31.6 Å². The SMILES string of the molecule is C[C@]1(O)C[C@@H](C(=O)N2CC3(CCC(c4cccc(C(F)(F)F)n4)C3)C2)C1. The van der Waals surface area contributed by atoms with Crippen molar-refractivity contribution < 1.29 is 23.1 Å². The van der Waals surface area contributed by atoms with Crippen molar-refractivity contribution in [1.82, 2.24) is 9.88 Å². The van der Waals surface area contributed by atoms with Gasteiger partial charge in [0.2, 0.25) is 5.91 Å². The third-order valence-electron chi connectivity index (χ3n) is 6.27. The fourth-order valence-electron chi connectivity index (χ4n) is 4.94. The van der Waals surface area contributed by atoms with Gasteiger partial charge in [-0.15, -0.1) is 0 Å². The quantitative estimate of drug-likeness (QED) is 0.871. The van der Waals surface area contributed by atoms with Gasteiger partial charge >= 0.3 is 6.18 Å². The molecule has 1 N–H and O–H groups in total. The number of alkyl halides is 3. The highest BCUT2D eigenvalue weighted by molar-refractivity contribution is 5.81. The number of likely N-dealkylation sites (tertiary alicyclic amines) is 1. The largest absolute Gasteiger partial charge is 0.433 e. The molecule has 1 unspecified atom stereocenters. The smallest absolute Gasteiger partial charge is 0.390 e. The number of amides is 1. The van der Waals surface area contributed by atoms with Gasteiger partial charge in [0, 0.05) is 36.0 Å². The molecule has 2 aliphatic carbocycles. The number of hydrogen-bond donors (Lipinski definition) is 1. The monoisotopic (exact) mass is 368 g/mol. The summed E-state index contributed by atoms with van der Waals surface area (Å²) in [6.45, 7) is 3.11. The standard InChI is InChI=1S/C19H23F3N2O2/c1-17(26)7-13(8-17)16(25)24-10-18(11-24)6-5-12(9-18)14-3-2-4-15(23-14)19(20,21)22/h2-4,12-13,26H,5-11H2,1H3/t12?,13-,17+. The van der Waals surface area contributed by atoms with E-state index in [0.717, 1.165) is 25.3 Å². The maximum absolute atomic E-state index is 12.9. The average Bonchev–Trinajstić information content (AvgIpc) is 2.95. The predicted molar refractivity (Wildman–Crippen MR) is 88.2 cm³/mol. The molecule has 0 aromatic carbocycles. The number of pyridine rings is 1. The Morgan fingerprint density at radius 3 is 2.58 bits per heavy atom. The number of carbonyl (C=O) groups excluding carboxylic acids is 1. The second-order valence-corrected chi connectivity index (χ2v) is 8.68. The van der Waals surface area contributed by atoms with Gasteiger partial charge in [-0.2, -0.15) is 13.2 Å². The van der Waals surface area contributed by atoms with Crippen molar-refractivity contribution in [1.29, 1.82) is 0 Å². The zero-order chi connectivity index (χ0) is 18.7. The Hall–Kier alpha value is -1.63. The van der Waals surface area contributed by atoms with Crippen LogP contribution in [0.1, 0.15) is 56.3 Å². The molecule has 4 rings (SSSR count). The normalized spacial score (nSPS) is 33.0. The number of aliphatic hydroxyl groups is 1. The van der Waals surface area contributed by atoms with Crippen LogP contribution in [0.4, 0.5) is 13.2 Å². The molecule has 7 heteroatoms. The number of carbonyl (C=O) groups is 1. The summed E-state index contributed by atoms with van der Waals surface area (Å²) in [5.41, 5.74) is -1.01. The van der Waals surface area contributed by atoms with Crippen molar-refractivity contribution in [3.63, 3.8) is 0 Å². The van der Waals surface area contributed by atoms with Gasteiger partial charge in [0.15, 0.2) is 0 Å². The summed E-state index contributed by atoms with van der Waals surface area (Å²) in [6.07, 6.45) is -0.863. The third kappa shape index (κ3) is 3.10. The number of aromatic nitrogens is 1. The molecule has 3 aliphatic rings. The number of hydrogen-bond acceptors (Lipinski definition) is 3. The molecule has 1 aromatic rings. The maximum atomic E-state index is 12.9. The lowest BCUT2D eigenvalue weighted by Gasteiger charge is -2.52. The van der Waals surface area contributed by atoms with Gasteiger partial charge in [0.05, 0.1) is 5.60 Å². The van der Waals surface area contributed by atoms with E-state index in [1.165, 1.54) is 6.07 Å². The third-order valence-corrected chi connectivity index (χ3v) is 6.27. The lowest BCUT2D eigenvalue weighted by molar-refractivity contribution is -0.161. The number of rotatable bonds is 2. The van der Waals surface area contributed by atoms with Gasteiger partial charge in [0.25, 0.3) is 0 Å². The van der Waals surface area contributed by atoms with E-state index in [-0.39, 0.29) is 23.2 Å². The molecule has 1 atom stereocenters. The van der Waals surface area contributed by atoms with E-state index in [4.69, 9.17) is 0 Å². The van der Waals surface area contributed by atoms with Gasteiger partial charge in [-0.3, -0.25) is 4.79 Å². The van der Waals surface area contributed by atoms with E-state index >= 15 is 0 Å². The van der Waals surface area contributed by atoms with Crippen LogP contribution in [0.5, 0.6) is 0 Å². The first-order chi connectivity index (χ1) is 12.1. The first-order valence-electron chi connectivity index (χ1n) is 9.12. The van der Waals surface area contributed by atoms with Crippen LogP contribution in [0.25, 0.3) is 0 Å². The summed E-state index contributed by atoms with van der Waals surface area (Å²) < 4.78 is 38.6. The summed E-state index contributed by atoms with van der Waals surface area (Å²) in [7, 11) is 0. The van der Waals surface area contributed by atoms with Crippen LogP contribution in [-0.4, -0.2) is 39.6 Å². The summed E-state index contributed by atoms with van der Waals surface area (Å²) in [6, 6.07) is 4.11. The first-order valence-corrected chi connectivity index (χ1v) is 9.12. The van der Waals surface area contributed by atoms with Crippen molar-refractivity contribution >= 4 is 5.91 Å². The zero-order valence-electron chi connectivity index (χ0n) is 14.7. The molecule has 2 saturated carbocycles. The number of nitrogens with zero attached hydrogens (tertiary/aromatic N) is 2. The van der Waals surface area contributed by atoms with Gasteiger partial charge < -0.3 is 10.0 Å². The highest BCUT2D eigenvalue weighted by Gasteiger charge is 2.53. The van der Waals surface area contributed by atoms with Crippen molar-refractivity contribution in [3.05, 3.63) is 29.6 Å². The maximum Gasteiger partial charge on any atom is 0.433 e. The van der Waals surface area contributed by atoms with Crippen LogP contribution in [0.2, 0.25) is 0 Å². The molecule has 3 fully saturated rings. The number of halogens is 3. The summed E-state index contributed by atoms with van der Waals surface area (Å²) in [5, 5.41) is 9.79. The highest BCUT2D eigenvalue weighted by atomic mass is 19.4. The molecule has 2 heterocycles. The van der Waals surface area contributed by atoms with Gasteiger partial charge in [-0.05, 0) is 51.2 Å². The lowest BCUT2D eigenvalue weighted by atomic mass is 9.69. The van der Waals surface area contributed by atoms with Crippen LogP contribution in [0.15, 0.2) is 18.2 Å². The van der Waals surface area contributed by atoms with Crippen LogP contribution < -0.4 is 0 Å². The van der Waals surface area contributed by atoms with Crippen molar-refractivity contribution in [2.45, 2.75) is 56.7 Å². The molecule has 26 heavy (non-hydrogen) atoms. The van der Waals surface area contributed by atoms with Crippen molar-refractivity contribution in [2.75, 3.05) is 13.1 Å². The minimum absolute atomic E-state index is 0.0268. The molecule has 0 bridgehead atoms. The molecule has 1 aromatic heterocycles. The Kier molecular flexibility index (Phi) is 3.88. The van der Waals surface area contributed by atoms with E-state index in [9.17, 15) is 23.1 Å². The minimum atomic E-state index is -4.42. The molecule has 1 spiro atoms. The Balaban J connectivity index is 1.36. The van der Waals surface area contributed by atoms with Gasteiger partial charge in [-0.1, -0.05) is 6.07 Å². The predicted octanol–water partition coefficient (Wildman–Crippen LogP) is 3.36. The minimum Gasteiger partial charge on any atom is -0.390 e. The molecule has 142 valence electrons. The molecular weight excluding hydrogens is 345 g/mol. The fourth-order valence-corrected chi connectivity index (χ4v) is 4.94. The Morgan fingerprint density at radius 1 is 1.27 bits per heavy atom. The van der Waals surface area contributed by atoms with Crippen molar-refractivity contribution in [3.8, 4) is 0 Å². The molecule has 1 saturated heterocycles. The fraction of sp³-hybridized carbons (Fsp3) is 0.684. The first kappa shape index (κ1) is 17.8. The van der Waals surface area contributed by atoms with Crippen LogP contribution in [0.3, 0.4) is 0 Å². The van der Waals surface area contributed by atoms with E-state index in [1.807, 2.05) is 4.90 Å². The van der Waals surface area contributed by atoms with Gasteiger partial charge in [-0.25, -0.2) is 4.98 Å². The summed E-state index contributed by atoms with van der Waals surface area (Å²) >= 11 is 0. The summed E-state index contributed by atoms with van der Waals surface area (Å²) in [4.78, 5) is 18.1. The summed E-state index contributed by atoms with van der Waals surface area (Å²) in [5.74, 6) is 0.0615. The second-order valence-electron chi connectivity index (χ2n) is 8.68. The molecule has 4 nitrogen and oxygen atoms in total. The zero-order valence-corrected chi connectivity index (χ0v) is 14.7. The van der Waals surface area contributed by atoms with Gasteiger partial charge in [0.1, 0.15) is 5.69 Å². The Morgan fingerprint density at radius 2 is 1.96 bits per heavy atom. The topological polar surface area (TPSA) is 53.4 Å².